The van der Waals surface area contributed by atoms with Crippen LogP contribution in [0.3, 0.4) is 0 Å². The van der Waals surface area contributed by atoms with Gasteiger partial charge < -0.3 is 19.4 Å². The summed E-state index contributed by atoms with van der Waals surface area (Å²) in [6.07, 6.45) is 1.55. The first-order valence-corrected chi connectivity index (χ1v) is 10.6. The van der Waals surface area contributed by atoms with Crippen LogP contribution in [0.25, 0.3) is 0 Å². The molecule has 0 unspecified atom stereocenters. The number of piperazine rings is 1. The lowest BCUT2D eigenvalue weighted by atomic mass is 10.2. The Morgan fingerprint density at radius 2 is 1.83 bits per heavy atom. The first kappa shape index (κ1) is 20.3. The van der Waals surface area contributed by atoms with E-state index in [0.29, 0.717) is 36.8 Å². The SMILES string of the molecule is COc1ccc(N2CCN(C(=O)Cn3ncc4c(c3=O)N(C)C(=O)CS4)CC2)cc1. The number of carbonyl (C=O) groups excluding carboxylic acids is 2. The zero-order valence-electron chi connectivity index (χ0n) is 16.9. The Hall–Kier alpha value is -3.01. The number of anilines is 2. The van der Waals surface area contributed by atoms with Crippen LogP contribution in [0.15, 0.2) is 40.2 Å². The van der Waals surface area contributed by atoms with Crippen molar-refractivity contribution in [2.45, 2.75) is 11.4 Å². The Morgan fingerprint density at radius 1 is 1.13 bits per heavy atom. The van der Waals surface area contributed by atoms with Crippen LogP contribution in [0.5, 0.6) is 5.75 Å². The predicted molar refractivity (Wildman–Crippen MR) is 114 cm³/mol. The van der Waals surface area contributed by atoms with Crippen LogP contribution in [0.2, 0.25) is 0 Å². The molecule has 1 aromatic heterocycles. The van der Waals surface area contributed by atoms with Crippen molar-refractivity contribution in [1.82, 2.24) is 14.7 Å². The van der Waals surface area contributed by atoms with Crippen LogP contribution >= 0.6 is 11.8 Å². The number of rotatable bonds is 4. The predicted octanol–water partition coefficient (Wildman–Crippen LogP) is 0.669. The zero-order valence-corrected chi connectivity index (χ0v) is 17.7. The summed E-state index contributed by atoms with van der Waals surface area (Å²) in [5.74, 6) is 0.799. The van der Waals surface area contributed by atoms with Crippen molar-refractivity contribution in [3.05, 3.63) is 40.8 Å². The van der Waals surface area contributed by atoms with Gasteiger partial charge in [0.05, 0.1) is 24.0 Å². The van der Waals surface area contributed by atoms with Crippen molar-refractivity contribution in [1.29, 1.82) is 0 Å². The maximum atomic E-state index is 12.8. The lowest BCUT2D eigenvalue weighted by molar-refractivity contribution is -0.132. The molecule has 0 radical (unpaired) electrons. The number of ether oxygens (including phenoxy) is 1. The first-order valence-electron chi connectivity index (χ1n) is 9.64. The molecule has 10 heteroatoms. The van der Waals surface area contributed by atoms with Gasteiger partial charge >= 0.3 is 0 Å². The number of fused-ring (bicyclic) bond motifs is 1. The van der Waals surface area contributed by atoms with Gasteiger partial charge in [0.15, 0.2) is 0 Å². The fourth-order valence-corrected chi connectivity index (χ4v) is 4.54. The van der Waals surface area contributed by atoms with E-state index < -0.39 is 5.56 Å². The number of carbonyl (C=O) groups is 2. The lowest BCUT2D eigenvalue weighted by Gasteiger charge is -2.36. The monoisotopic (exact) mass is 429 g/mol. The van der Waals surface area contributed by atoms with E-state index >= 15 is 0 Å². The maximum absolute atomic E-state index is 12.8. The highest BCUT2D eigenvalue weighted by molar-refractivity contribution is 8.00. The van der Waals surface area contributed by atoms with Gasteiger partial charge in [0.25, 0.3) is 5.56 Å². The van der Waals surface area contributed by atoms with Crippen molar-refractivity contribution in [2.75, 3.05) is 55.9 Å². The number of methoxy groups -OCH3 is 1. The van der Waals surface area contributed by atoms with E-state index in [1.54, 1.807) is 25.3 Å². The van der Waals surface area contributed by atoms with Gasteiger partial charge in [-0.3, -0.25) is 14.4 Å². The maximum Gasteiger partial charge on any atom is 0.292 e. The Bertz CT molecular complexity index is 1010. The van der Waals surface area contributed by atoms with E-state index in [2.05, 4.69) is 10.00 Å². The van der Waals surface area contributed by atoms with Gasteiger partial charge in [-0.2, -0.15) is 5.10 Å². The summed E-state index contributed by atoms with van der Waals surface area (Å²) in [7, 11) is 3.21. The number of hydrogen-bond donors (Lipinski definition) is 0. The highest BCUT2D eigenvalue weighted by atomic mass is 32.2. The number of amides is 2. The third-order valence-corrected chi connectivity index (χ3v) is 6.40. The van der Waals surface area contributed by atoms with Crippen molar-refractivity contribution in [3.8, 4) is 5.75 Å². The van der Waals surface area contributed by atoms with Gasteiger partial charge in [-0.25, -0.2) is 4.68 Å². The van der Waals surface area contributed by atoms with E-state index in [9.17, 15) is 14.4 Å². The second kappa shape index (κ2) is 8.39. The Kier molecular flexibility index (Phi) is 5.67. The third-order valence-electron chi connectivity index (χ3n) is 5.40. The molecule has 2 aliphatic rings. The van der Waals surface area contributed by atoms with E-state index in [1.165, 1.54) is 16.7 Å². The number of nitrogens with zero attached hydrogens (tertiary/aromatic N) is 5. The summed E-state index contributed by atoms with van der Waals surface area (Å²) >= 11 is 1.30. The number of thioether (sulfide) groups is 1. The molecule has 0 spiro atoms. The second-order valence-corrected chi connectivity index (χ2v) is 8.14. The molecule has 1 aromatic carbocycles. The molecule has 30 heavy (non-hydrogen) atoms. The number of benzene rings is 1. The second-order valence-electron chi connectivity index (χ2n) is 7.13. The van der Waals surface area contributed by atoms with E-state index in [0.717, 1.165) is 16.1 Å². The summed E-state index contributed by atoms with van der Waals surface area (Å²) in [6.45, 7) is 2.41. The molecule has 2 aromatic rings. The van der Waals surface area contributed by atoms with Crippen LogP contribution < -0.4 is 20.1 Å². The summed E-state index contributed by atoms with van der Waals surface area (Å²) in [4.78, 5) is 43.4. The smallest absolute Gasteiger partial charge is 0.292 e. The molecule has 0 bridgehead atoms. The summed E-state index contributed by atoms with van der Waals surface area (Å²) in [5.41, 5.74) is 0.963. The third kappa shape index (κ3) is 3.87. The van der Waals surface area contributed by atoms with Crippen LogP contribution in [0.4, 0.5) is 11.4 Å². The van der Waals surface area contributed by atoms with Gasteiger partial charge in [-0.05, 0) is 24.3 Å². The highest BCUT2D eigenvalue weighted by Crippen LogP contribution is 2.30. The van der Waals surface area contributed by atoms with Crippen molar-refractivity contribution in [3.63, 3.8) is 0 Å². The van der Waals surface area contributed by atoms with Crippen LogP contribution in [0.1, 0.15) is 0 Å². The molecule has 9 nitrogen and oxygen atoms in total. The van der Waals surface area contributed by atoms with Crippen LogP contribution in [-0.2, 0) is 16.1 Å². The Labute approximate surface area is 178 Å². The molecule has 2 aliphatic heterocycles. The van der Waals surface area contributed by atoms with E-state index in [4.69, 9.17) is 4.74 Å². The minimum Gasteiger partial charge on any atom is -0.497 e. The fourth-order valence-electron chi connectivity index (χ4n) is 3.59. The summed E-state index contributed by atoms with van der Waals surface area (Å²) in [5, 5.41) is 4.14. The highest BCUT2D eigenvalue weighted by Gasteiger charge is 2.27. The molecule has 3 heterocycles. The van der Waals surface area contributed by atoms with E-state index in [1.807, 2.05) is 24.3 Å². The minimum absolute atomic E-state index is 0.136. The molecular formula is C20H23N5O4S. The number of hydrogen-bond acceptors (Lipinski definition) is 7. The molecule has 158 valence electrons. The van der Waals surface area contributed by atoms with Gasteiger partial charge in [-0.15, -0.1) is 11.8 Å². The van der Waals surface area contributed by atoms with Crippen molar-refractivity contribution in [2.24, 2.45) is 0 Å². The Balaban J connectivity index is 1.41. The molecule has 1 fully saturated rings. The quantitative estimate of drug-likeness (QED) is 0.706. The topological polar surface area (TPSA) is 88.0 Å². The molecular weight excluding hydrogens is 406 g/mol. The molecule has 0 N–H and O–H groups in total. The fraction of sp³-hybridized carbons (Fsp3) is 0.400. The molecule has 1 saturated heterocycles. The summed E-state index contributed by atoms with van der Waals surface area (Å²) < 4.78 is 6.34. The van der Waals surface area contributed by atoms with Gasteiger partial charge in [-0.1, -0.05) is 0 Å². The van der Waals surface area contributed by atoms with Gasteiger partial charge in [0, 0.05) is 38.9 Å². The summed E-state index contributed by atoms with van der Waals surface area (Å²) in [6, 6.07) is 7.84. The first-order chi connectivity index (χ1) is 14.5. The lowest BCUT2D eigenvalue weighted by Crippen LogP contribution is -2.50. The van der Waals surface area contributed by atoms with Crippen molar-refractivity contribution < 1.29 is 14.3 Å². The molecule has 0 saturated carbocycles. The average molecular weight is 430 g/mol. The van der Waals surface area contributed by atoms with Gasteiger partial charge in [0.1, 0.15) is 18.0 Å². The minimum atomic E-state index is -0.416. The van der Waals surface area contributed by atoms with Crippen LogP contribution in [-0.4, -0.2) is 72.6 Å². The largest absolute Gasteiger partial charge is 0.497 e. The normalized spacial score (nSPS) is 16.5. The number of aromatic nitrogens is 2. The molecule has 4 rings (SSSR count). The molecule has 0 atom stereocenters. The zero-order chi connectivity index (χ0) is 21.3. The molecule has 0 aliphatic carbocycles. The van der Waals surface area contributed by atoms with Gasteiger partial charge in [0.2, 0.25) is 11.8 Å². The standard InChI is InChI=1S/C20H23N5O4S/c1-22-18(27)13-30-16-11-21-25(20(28)19(16)22)12-17(26)24-9-7-23(8-10-24)14-3-5-15(29-2)6-4-14/h3-6,11H,7-10,12-13H2,1-2H3. The molecule has 2 amide bonds. The average Bonchev–Trinajstić information content (AvgIpc) is 2.78. The Morgan fingerprint density at radius 3 is 2.50 bits per heavy atom. The van der Waals surface area contributed by atoms with Crippen molar-refractivity contribution >= 4 is 35.0 Å². The van der Waals surface area contributed by atoms with E-state index in [-0.39, 0.29) is 24.1 Å². The van der Waals surface area contributed by atoms with Crippen LogP contribution in [0, 0.1) is 0 Å².